The van der Waals surface area contributed by atoms with Gasteiger partial charge in [0.1, 0.15) is 15.7 Å². The smallest absolute Gasteiger partial charge is 0.150 e. The number of nitrogen functional groups attached to an aromatic ring is 1. The molecule has 1 aromatic heterocycles. The van der Waals surface area contributed by atoms with Crippen molar-refractivity contribution >= 4 is 21.3 Å². The van der Waals surface area contributed by atoms with Gasteiger partial charge in [0.2, 0.25) is 0 Å². The molecule has 6 heteroatoms. The summed E-state index contributed by atoms with van der Waals surface area (Å²) in [6.45, 7) is 1.93. The van der Waals surface area contributed by atoms with Crippen LogP contribution in [0.3, 0.4) is 0 Å². The van der Waals surface area contributed by atoms with Gasteiger partial charge in [-0.25, -0.2) is 13.4 Å². The Labute approximate surface area is 101 Å². The van der Waals surface area contributed by atoms with E-state index in [0.717, 1.165) is 5.56 Å². The van der Waals surface area contributed by atoms with Gasteiger partial charge in [-0.15, -0.1) is 0 Å². The Balaban J connectivity index is 2.02. The third-order valence-corrected chi connectivity index (χ3v) is 4.66. The normalized spacial score (nSPS) is 20.1. The number of sulfone groups is 1. The first-order valence-electron chi connectivity index (χ1n) is 5.65. The van der Waals surface area contributed by atoms with Crippen LogP contribution in [-0.2, 0) is 9.84 Å². The van der Waals surface area contributed by atoms with Crippen molar-refractivity contribution in [1.29, 1.82) is 0 Å². The fourth-order valence-electron chi connectivity index (χ4n) is 1.94. The molecule has 0 amide bonds. The number of pyridine rings is 1. The number of aromatic nitrogens is 1. The molecule has 2 heterocycles. The van der Waals surface area contributed by atoms with Crippen LogP contribution in [0.2, 0.25) is 0 Å². The summed E-state index contributed by atoms with van der Waals surface area (Å²) in [7, 11) is -2.82. The number of hydrogen-bond acceptors (Lipinski definition) is 5. The van der Waals surface area contributed by atoms with Gasteiger partial charge in [-0.2, -0.15) is 0 Å². The molecule has 1 aromatic rings. The molecule has 2 rings (SSSR count). The molecule has 17 heavy (non-hydrogen) atoms. The van der Waals surface area contributed by atoms with E-state index in [-0.39, 0.29) is 17.5 Å². The lowest BCUT2D eigenvalue weighted by Gasteiger charge is -2.24. The fourth-order valence-corrected chi connectivity index (χ4v) is 3.43. The van der Waals surface area contributed by atoms with Crippen LogP contribution in [0.1, 0.15) is 18.4 Å². The molecule has 0 aromatic carbocycles. The van der Waals surface area contributed by atoms with Gasteiger partial charge in [-0.05, 0) is 31.4 Å². The van der Waals surface area contributed by atoms with Gasteiger partial charge >= 0.3 is 0 Å². The van der Waals surface area contributed by atoms with Crippen LogP contribution in [0.15, 0.2) is 12.3 Å². The van der Waals surface area contributed by atoms with Crippen molar-refractivity contribution in [3.05, 3.63) is 17.8 Å². The van der Waals surface area contributed by atoms with Crippen LogP contribution in [-0.4, -0.2) is 30.9 Å². The molecule has 0 unspecified atom stereocenters. The number of nitrogens with zero attached hydrogens (tertiary/aromatic N) is 1. The van der Waals surface area contributed by atoms with E-state index in [4.69, 9.17) is 5.73 Å². The van der Waals surface area contributed by atoms with Crippen LogP contribution in [0.25, 0.3) is 0 Å². The first kappa shape index (κ1) is 12.2. The van der Waals surface area contributed by atoms with Crippen molar-refractivity contribution in [2.75, 3.05) is 22.6 Å². The number of nitrogens with two attached hydrogens (primary N) is 1. The standard InChI is InChI=1S/C11H17N3O2S/c1-8-6-10(12)11(13-7-8)14-9-2-4-17(15,16)5-3-9/h6-7,9H,2-5,12H2,1H3,(H,13,14). The van der Waals surface area contributed by atoms with Crippen LogP contribution in [0.5, 0.6) is 0 Å². The summed E-state index contributed by atoms with van der Waals surface area (Å²) in [5.74, 6) is 1.15. The Hall–Kier alpha value is -1.30. The van der Waals surface area contributed by atoms with Crippen molar-refractivity contribution in [3.63, 3.8) is 0 Å². The Morgan fingerprint density at radius 3 is 2.65 bits per heavy atom. The van der Waals surface area contributed by atoms with Gasteiger partial charge < -0.3 is 11.1 Å². The average Bonchev–Trinajstić information content (AvgIpc) is 2.25. The molecular formula is C11H17N3O2S. The second kappa shape index (κ2) is 4.52. The number of hydrogen-bond donors (Lipinski definition) is 2. The van der Waals surface area contributed by atoms with Crippen molar-refractivity contribution in [2.24, 2.45) is 0 Å². The highest BCUT2D eigenvalue weighted by Gasteiger charge is 2.23. The maximum atomic E-state index is 11.3. The zero-order valence-electron chi connectivity index (χ0n) is 9.81. The molecule has 1 fully saturated rings. The molecule has 0 saturated carbocycles. The first-order chi connectivity index (χ1) is 7.96. The molecule has 0 atom stereocenters. The van der Waals surface area contributed by atoms with Gasteiger partial charge in [0.15, 0.2) is 0 Å². The van der Waals surface area contributed by atoms with E-state index in [9.17, 15) is 8.42 Å². The summed E-state index contributed by atoms with van der Waals surface area (Å²) < 4.78 is 22.6. The summed E-state index contributed by atoms with van der Waals surface area (Å²) in [5.41, 5.74) is 7.47. The van der Waals surface area contributed by atoms with E-state index in [1.165, 1.54) is 0 Å². The minimum absolute atomic E-state index is 0.149. The van der Waals surface area contributed by atoms with Gasteiger partial charge in [-0.1, -0.05) is 0 Å². The molecule has 3 N–H and O–H groups in total. The molecule has 0 aliphatic carbocycles. The maximum Gasteiger partial charge on any atom is 0.150 e. The van der Waals surface area contributed by atoms with Crippen molar-refractivity contribution in [1.82, 2.24) is 4.98 Å². The van der Waals surface area contributed by atoms with E-state index in [0.29, 0.717) is 24.3 Å². The summed E-state index contributed by atoms with van der Waals surface area (Å²) in [4.78, 5) is 4.22. The number of nitrogens with one attached hydrogen (secondary N) is 1. The Bertz CT molecular complexity index is 499. The molecule has 5 nitrogen and oxygen atoms in total. The highest BCUT2D eigenvalue weighted by Crippen LogP contribution is 2.21. The third kappa shape index (κ3) is 3.09. The SMILES string of the molecule is Cc1cnc(NC2CCS(=O)(=O)CC2)c(N)c1. The van der Waals surface area contributed by atoms with E-state index in [2.05, 4.69) is 10.3 Å². The molecule has 1 aliphatic rings. The van der Waals surface area contributed by atoms with Gasteiger partial charge in [0, 0.05) is 12.2 Å². The summed E-state index contributed by atoms with van der Waals surface area (Å²) in [6.07, 6.45) is 2.99. The lowest BCUT2D eigenvalue weighted by atomic mass is 10.1. The van der Waals surface area contributed by atoms with Crippen LogP contribution >= 0.6 is 0 Å². The van der Waals surface area contributed by atoms with Gasteiger partial charge in [0.25, 0.3) is 0 Å². The Morgan fingerprint density at radius 1 is 1.41 bits per heavy atom. The fraction of sp³-hybridized carbons (Fsp3) is 0.545. The molecule has 1 aliphatic heterocycles. The van der Waals surface area contributed by atoms with Crippen molar-refractivity contribution in [2.45, 2.75) is 25.8 Å². The zero-order valence-corrected chi connectivity index (χ0v) is 10.6. The number of aryl methyl sites for hydroxylation is 1. The predicted octanol–water partition coefficient (Wildman–Crippen LogP) is 0.961. The molecule has 94 valence electrons. The maximum absolute atomic E-state index is 11.3. The Kier molecular flexibility index (Phi) is 3.24. The van der Waals surface area contributed by atoms with Gasteiger partial charge in [-0.3, -0.25) is 0 Å². The topological polar surface area (TPSA) is 85.1 Å². The van der Waals surface area contributed by atoms with Crippen LogP contribution in [0.4, 0.5) is 11.5 Å². The quantitative estimate of drug-likeness (QED) is 0.822. The summed E-state index contributed by atoms with van der Waals surface area (Å²) in [5, 5.41) is 3.21. The molecule has 0 spiro atoms. The highest BCUT2D eigenvalue weighted by molar-refractivity contribution is 7.91. The molecule has 0 bridgehead atoms. The predicted molar refractivity (Wildman–Crippen MR) is 68.7 cm³/mol. The van der Waals surface area contributed by atoms with Gasteiger partial charge in [0.05, 0.1) is 17.2 Å². The van der Waals surface area contributed by atoms with E-state index in [1.807, 2.05) is 13.0 Å². The zero-order chi connectivity index (χ0) is 12.5. The number of anilines is 2. The Morgan fingerprint density at radius 2 is 2.06 bits per heavy atom. The van der Waals surface area contributed by atoms with E-state index >= 15 is 0 Å². The number of rotatable bonds is 2. The highest BCUT2D eigenvalue weighted by atomic mass is 32.2. The third-order valence-electron chi connectivity index (χ3n) is 2.95. The lowest BCUT2D eigenvalue weighted by molar-refractivity contribution is 0.559. The van der Waals surface area contributed by atoms with Crippen molar-refractivity contribution in [3.8, 4) is 0 Å². The summed E-state index contributed by atoms with van der Waals surface area (Å²) >= 11 is 0. The largest absolute Gasteiger partial charge is 0.396 e. The second-order valence-electron chi connectivity index (χ2n) is 4.52. The first-order valence-corrected chi connectivity index (χ1v) is 7.47. The monoisotopic (exact) mass is 255 g/mol. The van der Waals surface area contributed by atoms with E-state index in [1.54, 1.807) is 6.20 Å². The van der Waals surface area contributed by atoms with Crippen LogP contribution < -0.4 is 11.1 Å². The molecule has 1 saturated heterocycles. The van der Waals surface area contributed by atoms with E-state index < -0.39 is 9.84 Å². The minimum atomic E-state index is -2.82. The molecular weight excluding hydrogens is 238 g/mol. The van der Waals surface area contributed by atoms with Crippen molar-refractivity contribution < 1.29 is 8.42 Å². The lowest BCUT2D eigenvalue weighted by Crippen LogP contribution is -2.32. The second-order valence-corrected chi connectivity index (χ2v) is 6.82. The minimum Gasteiger partial charge on any atom is -0.396 e. The van der Waals surface area contributed by atoms with Crippen LogP contribution in [0, 0.1) is 6.92 Å². The summed E-state index contributed by atoms with van der Waals surface area (Å²) in [6, 6.07) is 2.01. The molecule has 0 radical (unpaired) electrons. The average molecular weight is 255 g/mol.